The lowest BCUT2D eigenvalue weighted by Crippen LogP contribution is -2.08. The number of hydrogen-bond donors (Lipinski definition) is 1. The molecule has 2 rings (SSSR count). The number of halogens is 1. The minimum absolute atomic E-state index is 0.0523. The molecule has 106 valence electrons. The molecule has 4 nitrogen and oxygen atoms in total. The molecule has 1 N–H and O–H groups in total. The zero-order valence-corrected chi connectivity index (χ0v) is 12.7. The predicted octanol–water partition coefficient (Wildman–Crippen LogP) is 3.47. The summed E-state index contributed by atoms with van der Waals surface area (Å²) in [5.74, 6) is -0.131. The quantitative estimate of drug-likeness (QED) is 0.654. The zero-order chi connectivity index (χ0) is 14.5. The van der Waals surface area contributed by atoms with Crippen molar-refractivity contribution in [2.24, 2.45) is 0 Å². The molecule has 2 aromatic rings. The van der Waals surface area contributed by atoms with E-state index in [2.05, 4.69) is 15.5 Å². The van der Waals surface area contributed by atoms with Crippen LogP contribution < -0.4 is 5.32 Å². The first kappa shape index (κ1) is 14.9. The summed E-state index contributed by atoms with van der Waals surface area (Å²) in [7, 11) is 0. The number of Topliss-reactive ketones (excluding diaryl/α,β-unsaturated/α-hetero) is 1. The van der Waals surface area contributed by atoms with Crippen molar-refractivity contribution in [1.29, 1.82) is 0 Å². The number of carbonyl (C=O) groups excluding carboxylic acids is 1. The van der Waals surface area contributed by atoms with Crippen molar-refractivity contribution in [1.82, 2.24) is 10.2 Å². The first-order valence-corrected chi connectivity index (χ1v) is 7.86. The van der Waals surface area contributed by atoms with Crippen molar-refractivity contribution in [3.05, 3.63) is 35.6 Å². The number of nitrogens with one attached hydrogen (secondary N) is 1. The average molecular weight is 311 g/mol. The Morgan fingerprint density at radius 3 is 2.70 bits per heavy atom. The highest BCUT2D eigenvalue weighted by molar-refractivity contribution is 8.01. The van der Waals surface area contributed by atoms with Gasteiger partial charge in [-0.15, -0.1) is 10.2 Å². The fraction of sp³-hybridized carbons (Fsp3) is 0.308. The smallest absolute Gasteiger partial charge is 0.206 e. The second kappa shape index (κ2) is 6.81. The fourth-order valence-corrected chi connectivity index (χ4v) is 3.21. The van der Waals surface area contributed by atoms with Gasteiger partial charge in [-0.05, 0) is 38.1 Å². The average Bonchev–Trinajstić information content (AvgIpc) is 2.83. The molecule has 20 heavy (non-hydrogen) atoms. The minimum Gasteiger partial charge on any atom is -0.358 e. The Kier molecular flexibility index (Phi) is 5.08. The van der Waals surface area contributed by atoms with E-state index in [1.54, 1.807) is 0 Å². The van der Waals surface area contributed by atoms with Gasteiger partial charge >= 0.3 is 0 Å². The molecule has 1 heterocycles. The molecule has 0 aliphatic rings. The number of nitrogens with zero attached hydrogens (tertiary/aromatic N) is 2. The van der Waals surface area contributed by atoms with Crippen LogP contribution >= 0.6 is 23.1 Å². The maximum Gasteiger partial charge on any atom is 0.206 e. The first-order chi connectivity index (χ1) is 9.54. The van der Waals surface area contributed by atoms with Crippen LogP contribution in [0.15, 0.2) is 28.6 Å². The number of thioether (sulfide) groups is 1. The Hall–Kier alpha value is -1.47. The Morgan fingerprint density at radius 2 is 2.05 bits per heavy atom. The van der Waals surface area contributed by atoms with E-state index in [0.717, 1.165) is 9.47 Å². The summed E-state index contributed by atoms with van der Waals surface area (Å²) in [4.78, 5) is 11.9. The summed E-state index contributed by atoms with van der Waals surface area (Å²) >= 11 is 2.76. The van der Waals surface area contributed by atoms with Crippen LogP contribution in [0, 0.1) is 5.82 Å². The molecule has 0 radical (unpaired) electrons. The highest BCUT2D eigenvalue weighted by Crippen LogP contribution is 2.26. The molecule has 0 spiro atoms. The maximum absolute atomic E-state index is 12.8. The van der Waals surface area contributed by atoms with E-state index in [1.807, 2.05) is 13.8 Å². The summed E-state index contributed by atoms with van der Waals surface area (Å²) in [6.45, 7) is 4.04. The lowest BCUT2D eigenvalue weighted by Gasteiger charge is -2.03. The van der Waals surface area contributed by atoms with Gasteiger partial charge < -0.3 is 5.32 Å². The lowest BCUT2D eigenvalue weighted by atomic mass is 10.1. The molecule has 0 aliphatic carbocycles. The van der Waals surface area contributed by atoms with Crippen LogP contribution in [-0.2, 0) is 0 Å². The third-order valence-electron chi connectivity index (χ3n) is 2.31. The molecule has 0 aliphatic heterocycles. The number of ketones is 1. The molecule has 1 aromatic heterocycles. The minimum atomic E-state index is -0.345. The normalized spacial score (nSPS) is 10.8. The van der Waals surface area contributed by atoms with Crippen molar-refractivity contribution in [3.63, 3.8) is 0 Å². The van der Waals surface area contributed by atoms with E-state index < -0.39 is 0 Å². The van der Waals surface area contributed by atoms with Gasteiger partial charge in [0, 0.05) is 11.6 Å². The second-order valence-corrected chi connectivity index (χ2v) is 6.59. The van der Waals surface area contributed by atoms with Crippen molar-refractivity contribution < 1.29 is 9.18 Å². The van der Waals surface area contributed by atoms with Gasteiger partial charge in [-0.3, -0.25) is 4.79 Å². The molecular weight excluding hydrogens is 297 g/mol. The summed E-state index contributed by atoms with van der Waals surface area (Å²) in [5, 5.41) is 11.9. The third kappa shape index (κ3) is 4.28. The Labute approximate surface area is 124 Å². The van der Waals surface area contributed by atoms with Gasteiger partial charge in [0.2, 0.25) is 5.13 Å². The Balaban J connectivity index is 1.90. The van der Waals surface area contributed by atoms with Crippen LogP contribution in [0.3, 0.4) is 0 Å². The van der Waals surface area contributed by atoms with E-state index in [9.17, 15) is 9.18 Å². The van der Waals surface area contributed by atoms with Crippen LogP contribution in [0.4, 0.5) is 9.52 Å². The van der Waals surface area contributed by atoms with Crippen LogP contribution in [0.1, 0.15) is 24.2 Å². The van der Waals surface area contributed by atoms with Crippen molar-refractivity contribution in [3.8, 4) is 0 Å². The molecule has 0 saturated heterocycles. The van der Waals surface area contributed by atoms with Crippen LogP contribution in [0.2, 0.25) is 0 Å². The van der Waals surface area contributed by atoms with Crippen LogP contribution in [-0.4, -0.2) is 27.8 Å². The van der Waals surface area contributed by atoms with Crippen molar-refractivity contribution in [2.75, 3.05) is 11.1 Å². The van der Waals surface area contributed by atoms with E-state index in [0.29, 0.717) is 11.6 Å². The van der Waals surface area contributed by atoms with E-state index in [4.69, 9.17) is 0 Å². The second-order valence-electron chi connectivity index (χ2n) is 4.39. The standard InChI is InChI=1S/C13H14FN3OS2/c1-8(2)15-12-16-17-13(20-12)19-7-11(18)9-3-5-10(14)6-4-9/h3-6,8H,7H2,1-2H3,(H,15,16). The van der Waals surface area contributed by atoms with E-state index in [1.165, 1.54) is 47.4 Å². The summed E-state index contributed by atoms with van der Waals surface area (Å²) < 4.78 is 13.5. The fourth-order valence-electron chi connectivity index (χ4n) is 1.42. The predicted molar refractivity (Wildman–Crippen MR) is 80.1 cm³/mol. The number of anilines is 1. The Morgan fingerprint density at radius 1 is 1.35 bits per heavy atom. The molecule has 0 fully saturated rings. The number of carbonyl (C=O) groups is 1. The van der Waals surface area contributed by atoms with Gasteiger partial charge in [0.25, 0.3) is 0 Å². The molecule has 0 atom stereocenters. The molecular formula is C13H14FN3OS2. The molecule has 0 saturated carbocycles. The van der Waals surface area contributed by atoms with Crippen LogP contribution in [0.5, 0.6) is 0 Å². The third-order valence-corrected chi connectivity index (χ3v) is 4.30. The SMILES string of the molecule is CC(C)Nc1nnc(SCC(=O)c2ccc(F)cc2)s1. The number of rotatable bonds is 6. The number of aromatic nitrogens is 2. The van der Waals surface area contributed by atoms with Gasteiger partial charge in [-0.2, -0.15) is 0 Å². The molecule has 0 unspecified atom stereocenters. The molecule has 0 bridgehead atoms. The Bertz CT molecular complexity index is 584. The van der Waals surface area contributed by atoms with Gasteiger partial charge in [0.1, 0.15) is 5.82 Å². The van der Waals surface area contributed by atoms with Crippen molar-refractivity contribution in [2.45, 2.75) is 24.2 Å². The van der Waals surface area contributed by atoms with Gasteiger partial charge in [-0.25, -0.2) is 4.39 Å². The van der Waals surface area contributed by atoms with Crippen molar-refractivity contribution >= 4 is 34.0 Å². The molecule has 0 amide bonds. The maximum atomic E-state index is 12.8. The molecule has 1 aromatic carbocycles. The lowest BCUT2D eigenvalue weighted by molar-refractivity contribution is 0.102. The van der Waals surface area contributed by atoms with Gasteiger partial charge in [0.15, 0.2) is 10.1 Å². The van der Waals surface area contributed by atoms with E-state index >= 15 is 0 Å². The summed E-state index contributed by atoms with van der Waals surface area (Å²) in [6.07, 6.45) is 0. The topological polar surface area (TPSA) is 54.9 Å². The highest BCUT2D eigenvalue weighted by atomic mass is 32.2. The van der Waals surface area contributed by atoms with Crippen LogP contribution in [0.25, 0.3) is 0 Å². The van der Waals surface area contributed by atoms with E-state index in [-0.39, 0.29) is 17.4 Å². The van der Waals surface area contributed by atoms with Gasteiger partial charge in [-0.1, -0.05) is 23.1 Å². The zero-order valence-electron chi connectivity index (χ0n) is 11.1. The monoisotopic (exact) mass is 311 g/mol. The largest absolute Gasteiger partial charge is 0.358 e. The summed E-state index contributed by atoms with van der Waals surface area (Å²) in [6, 6.07) is 5.84. The first-order valence-electron chi connectivity index (χ1n) is 6.06. The summed E-state index contributed by atoms with van der Waals surface area (Å²) in [5.41, 5.74) is 0.504. The van der Waals surface area contributed by atoms with Gasteiger partial charge in [0.05, 0.1) is 5.75 Å². The number of hydrogen-bond acceptors (Lipinski definition) is 6. The molecule has 7 heteroatoms. The highest BCUT2D eigenvalue weighted by Gasteiger charge is 2.10. The number of benzene rings is 1.